The predicted molar refractivity (Wildman–Crippen MR) is 112 cm³/mol. The Balaban J connectivity index is 1.88. The number of benzene rings is 2. The predicted octanol–water partition coefficient (Wildman–Crippen LogP) is 5.07. The Morgan fingerprint density at radius 3 is 2.25 bits per heavy atom. The monoisotopic (exact) mass is 386 g/mol. The molecular formula is C24H34O4. The molecule has 0 fully saturated rings. The van der Waals surface area contributed by atoms with Crippen LogP contribution in [0.25, 0.3) is 0 Å². The maximum atomic E-state index is 10.4. The van der Waals surface area contributed by atoms with Gasteiger partial charge in [0.05, 0.1) is 5.60 Å². The van der Waals surface area contributed by atoms with Crippen LogP contribution in [0.3, 0.4) is 0 Å². The highest BCUT2D eigenvalue weighted by Gasteiger charge is 2.21. The van der Waals surface area contributed by atoms with Gasteiger partial charge in [0, 0.05) is 5.56 Å². The summed E-state index contributed by atoms with van der Waals surface area (Å²) in [6, 6.07) is 15.2. The van der Waals surface area contributed by atoms with Gasteiger partial charge < -0.3 is 20.1 Å². The Labute approximate surface area is 168 Å². The molecule has 0 radical (unpaired) electrons. The fourth-order valence-electron chi connectivity index (χ4n) is 3.37. The molecule has 2 aromatic carbocycles. The maximum absolute atomic E-state index is 10.4. The van der Waals surface area contributed by atoms with Gasteiger partial charge in [0.2, 0.25) is 0 Å². The van der Waals surface area contributed by atoms with Crippen molar-refractivity contribution in [3.63, 3.8) is 0 Å². The van der Waals surface area contributed by atoms with Crippen molar-refractivity contribution in [1.29, 1.82) is 0 Å². The summed E-state index contributed by atoms with van der Waals surface area (Å²) in [5.41, 5.74) is 2.17. The van der Waals surface area contributed by atoms with Gasteiger partial charge in [-0.25, -0.2) is 0 Å². The van der Waals surface area contributed by atoms with Crippen LogP contribution in [0.4, 0.5) is 0 Å². The van der Waals surface area contributed by atoms with Crippen molar-refractivity contribution in [3.8, 4) is 5.75 Å². The largest absolute Gasteiger partial charge is 0.489 e. The van der Waals surface area contributed by atoms with Gasteiger partial charge in [0.25, 0.3) is 0 Å². The summed E-state index contributed by atoms with van der Waals surface area (Å²) in [6.45, 7) is 6.75. The lowest BCUT2D eigenvalue weighted by atomic mass is 9.88. The summed E-state index contributed by atoms with van der Waals surface area (Å²) in [7, 11) is 0. The van der Waals surface area contributed by atoms with E-state index < -0.39 is 11.9 Å². The SMILES string of the molecule is CCC(O)(CC)CCCC(C)c1cccc(OCc2ccc(C(O)O)cc2)c1. The lowest BCUT2D eigenvalue weighted by Gasteiger charge is -2.25. The van der Waals surface area contributed by atoms with E-state index in [4.69, 9.17) is 14.9 Å². The highest BCUT2D eigenvalue weighted by atomic mass is 16.5. The molecule has 1 unspecified atom stereocenters. The normalized spacial score (nSPS) is 13.0. The van der Waals surface area contributed by atoms with Crippen LogP contribution >= 0.6 is 0 Å². The summed E-state index contributed by atoms with van der Waals surface area (Å²) in [5.74, 6) is 1.24. The van der Waals surface area contributed by atoms with Crippen LogP contribution in [0.2, 0.25) is 0 Å². The molecule has 2 aromatic rings. The molecule has 1 atom stereocenters. The van der Waals surface area contributed by atoms with Crippen molar-refractivity contribution in [1.82, 2.24) is 0 Å². The van der Waals surface area contributed by atoms with Gasteiger partial charge in [-0.05, 0) is 61.3 Å². The van der Waals surface area contributed by atoms with Crippen molar-refractivity contribution in [3.05, 3.63) is 65.2 Å². The highest BCUT2D eigenvalue weighted by molar-refractivity contribution is 5.31. The van der Waals surface area contributed by atoms with E-state index in [1.54, 1.807) is 12.1 Å². The smallest absolute Gasteiger partial charge is 0.178 e. The number of hydrogen-bond donors (Lipinski definition) is 3. The van der Waals surface area contributed by atoms with E-state index in [9.17, 15) is 5.11 Å². The molecule has 28 heavy (non-hydrogen) atoms. The Morgan fingerprint density at radius 1 is 0.964 bits per heavy atom. The van der Waals surface area contributed by atoms with Crippen LogP contribution in [0.1, 0.15) is 81.8 Å². The zero-order chi connectivity index (χ0) is 20.6. The van der Waals surface area contributed by atoms with Gasteiger partial charge in [0.15, 0.2) is 6.29 Å². The molecule has 154 valence electrons. The summed E-state index contributed by atoms with van der Waals surface area (Å²) in [4.78, 5) is 0. The number of hydrogen-bond acceptors (Lipinski definition) is 4. The molecule has 0 aromatic heterocycles. The Morgan fingerprint density at radius 2 is 1.64 bits per heavy atom. The first-order valence-corrected chi connectivity index (χ1v) is 10.3. The third kappa shape index (κ3) is 6.62. The van der Waals surface area contributed by atoms with Crippen LogP contribution in [0, 0.1) is 0 Å². The Hall–Kier alpha value is -1.88. The van der Waals surface area contributed by atoms with Crippen molar-refractivity contribution in [2.45, 2.75) is 77.3 Å². The fourth-order valence-corrected chi connectivity index (χ4v) is 3.37. The highest BCUT2D eigenvalue weighted by Crippen LogP contribution is 2.28. The lowest BCUT2D eigenvalue weighted by molar-refractivity contribution is -0.0425. The third-order valence-electron chi connectivity index (χ3n) is 5.71. The average Bonchev–Trinajstić information content (AvgIpc) is 2.72. The Bertz CT molecular complexity index is 705. The molecule has 3 N–H and O–H groups in total. The van der Waals surface area contributed by atoms with Gasteiger partial charge in [0.1, 0.15) is 12.4 Å². The van der Waals surface area contributed by atoms with Crippen molar-refractivity contribution in [2.24, 2.45) is 0 Å². The van der Waals surface area contributed by atoms with Crippen LogP contribution in [-0.2, 0) is 6.61 Å². The molecule has 0 amide bonds. The second-order valence-corrected chi connectivity index (χ2v) is 7.70. The second-order valence-electron chi connectivity index (χ2n) is 7.70. The lowest BCUT2D eigenvalue weighted by Crippen LogP contribution is -2.26. The minimum Gasteiger partial charge on any atom is -0.489 e. The minimum absolute atomic E-state index is 0.409. The van der Waals surface area contributed by atoms with E-state index in [0.29, 0.717) is 18.1 Å². The van der Waals surface area contributed by atoms with Crippen molar-refractivity contribution in [2.75, 3.05) is 0 Å². The van der Waals surface area contributed by atoms with Crippen molar-refractivity contribution < 1.29 is 20.1 Å². The maximum Gasteiger partial charge on any atom is 0.178 e. The zero-order valence-electron chi connectivity index (χ0n) is 17.3. The van der Waals surface area contributed by atoms with Gasteiger partial charge in [-0.2, -0.15) is 0 Å². The van der Waals surface area contributed by atoms with Gasteiger partial charge in [-0.3, -0.25) is 0 Å². The van der Waals surface area contributed by atoms with Crippen LogP contribution in [0.15, 0.2) is 48.5 Å². The summed E-state index contributed by atoms with van der Waals surface area (Å²) < 4.78 is 5.91. The number of aliphatic hydroxyl groups is 3. The number of ether oxygens (including phenoxy) is 1. The fraction of sp³-hybridized carbons (Fsp3) is 0.500. The Kier molecular flexibility index (Phi) is 8.49. The topological polar surface area (TPSA) is 69.9 Å². The second kappa shape index (κ2) is 10.6. The molecule has 0 heterocycles. The summed E-state index contributed by atoms with van der Waals surface area (Å²) in [5, 5.41) is 28.7. The molecule has 0 aliphatic heterocycles. The average molecular weight is 387 g/mol. The van der Waals surface area contributed by atoms with Crippen LogP contribution in [-0.4, -0.2) is 20.9 Å². The van der Waals surface area contributed by atoms with E-state index in [0.717, 1.165) is 43.4 Å². The van der Waals surface area contributed by atoms with Crippen LogP contribution in [0.5, 0.6) is 5.75 Å². The number of rotatable bonds is 11. The van der Waals surface area contributed by atoms with E-state index >= 15 is 0 Å². The van der Waals surface area contributed by atoms with E-state index in [-0.39, 0.29) is 0 Å². The van der Waals surface area contributed by atoms with Crippen LogP contribution < -0.4 is 4.74 Å². The number of aliphatic hydroxyl groups excluding tert-OH is 1. The first kappa shape index (κ1) is 22.4. The van der Waals surface area contributed by atoms with Gasteiger partial charge in [-0.15, -0.1) is 0 Å². The van der Waals surface area contributed by atoms with Gasteiger partial charge >= 0.3 is 0 Å². The molecule has 0 aliphatic carbocycles. The first-order chi connectivity index (χ1) is 13.4. The summed E-state index contributed by atoms with van der Waals surface area (Å²) in [6.07, 6.45) is 3.06. The molecule has 4 heteroatoms. The molecule has 4 nitrogen and oxygen atoms in total. The standard InChI is InChI=1S/C24H34O4/c1-4-24(27,5-2)15-7-8-18(3)21-9-6-10-22(16-21)28-17-19-11-13-20(14-12-19)23(25)26/h6,9-14,16,18,23,25-27H,4-5,7-8,15,17H2,1-3H3. The van der Waals surface area contributed by atoms with Crippen molar-refractivity contribution >= 4 is 0 Å². The molecule has 0 bridgehead atoms. The minimum atomic E-state index is -1.45. The molecule has 2 rings (SSSR count). The molecular weight excluding hydrogens is 352 g/mol. The molecule has 0 aliphatic rings. The van der Waals surface area contributed by atoms with Gasteiger partial charge in [-0.1, -0.05) is 57.2 Å². The van der Waals surface area contributed by atoms with E-state index in [1.807, 2.05) is 38.1 Å². The quantitative estimate of drug-likeness (QED) is 0.471. The molecule has 0 saturated carbocycles. The van der Waals surface area contributed by atoms with E-state index in [2.05, 4.69) is 19.1 Å². The molecule has 0 spiro atoms. The summed E-state index contributed by atoms with van der Waals surface area (Å²) >= 11 is 0. The van der Waals surface area contributed by atoms with E-state index in [1.165, 1.54) is 5.56 Å². The first-order valence-electron chi connectivity index (χ1n) is 10.3. The third-order valence-corrected chi connectivity index (χ3v) is 5.71. The molecule has 0 saturated heterocycles. The zero-order valence-corrected chi connectivity index (χ0v) is 17.3.